The van der Waals surface area contributed by atoms with Crippen LogP contribution in [0.15, 0.2) is 18.2 Å². The zero-order valence-electron chi connectivity index (χ0n) is 15.9. The predicted octanol–water partition coefficient (Wildman–Crippen LogP) is 3.25. The van der Waals surface area contributed by atoms with E-state index in [4.69, 9.17) is 9.47 Å². The van der Waals surface area contributed by atoms with Gasteiger partial charge in [0.1, 0.15) is 0 Å². The Morgan fingerprint density at radius 3 is 2.69 bits per heavy atom. The Balaban J connectivity index is 1.86. The molecule has 1 aliphatic carbocycles. The summed E-state index contributed by atoms with van der Waals surface area (Å²) in [6.45, 7) is 5.89. The molecule has 1 fully saturated rings. The van der Waals surface area contributed by atoms with Crippen LogP contribution < -0.4 is 10.1 Å². The van der Waals surface area contributed by atoms with Crippen LogP contribution in [-0.2, 0) is 20.7 Å². The lowest BCUT2D eigenvalue weighted by molar-refractivity contribution is -0.154. The van der Waals surface area contributed by atoms with Crippen molar-refractivity contribution in [1.82, 2.24) is 5.32 Å². The maximum atomic E-state index is 13.7. The first-order valence-corrected chi connectivity index (χ1v) is 9.14. The summed E-state index contributed by atoms with van der Waals surface area (Å²) in [5.41, 5.74) is 0.468. The second kappa shape index (κ2) is 9.01. The Labute approximate surface area is 154 Å². The number of carbonyl (C=O) groups is 2. The van der Waals surface area contributed by atoms with Crippen LogP contribution in [0, 0.1) is 17.7 Å². The zero-order valence-corrected chi connectivity index (χ0v) is 15.9. The fourth-order valence-electron chi connectivity index (χ4n) is 3.36. The normalized spacial score (nSPS) is 23.8. The van der Waals surface area contributed by atoms with Crippen LogP contribution in [0.2, 0.25) is 0 Å². The summed E-state index contributed by atoms with van der Waals surface area (Å²) in [6, 6.07) is 4.40. The second-order valence-electron chi connectivity index (χ2n) is 7.16. The molecule has 5 nitrogen and oxygen atoms in total. The van der Waals surface area contributed by atoms with Crippen molar-refractivity contribution in [2.75, 3.05) is 7.11 Å². The van der Waals surface area contributed by atoms with Gasteiger partial charge in [0.25, 0.3) is 5.91 Å². The molecular formula is C20H28FNO4. The zero-order chi connectivity index (χ0) is 19.3. The summed E-state index contributed by atoms with van der Waals surface area (Å²) >= 11 is 0. The quantitative estimate of drug-likeness (QED) is 0.786. The molecule has 0 saturated heterocycles. The number of hydrogen-bond donors (Lipinski definition) is 1. The minimum atomic E-state index is -0.880. The molecule has 0 unspecified atom stereocenters. The molecule has 2 rings (SSSR count). The van der Waals surface area contributed by atoms with Crippen LogP contribution in [0.25, 0.3) is 0 Å². The number of halogens is 1. The molecule has 0 heterocycles. The van der Waals surface area contributed by atoms with Crippen molar-refractivity contribution in [2.24, 2.45) is 11.8 Å². The van der Waals surface area contributed by atoms with Crippen LogP contribution in [-0.4, -0.2) is 31.1 Å². The summed E-state index contributed by atoms with van der Waals surface area (Å²) in [5, 5.41) is 3.00. The van der Waals surface area contributed by atoms with E-state index < -0.39 is 17.9 Å². The van der Waals surface area contributed by atoms with Gasteiger partial charge in [0, 0.05) is 6.04 Å². The maximum Gasteiger partial charge on any atom is 0.311 e. The standard InChI is InChI=1S/C20H28FNO4/c1-12-6-5-7-17(13(12)2)22-20(24)14(3)26-19(23)11-15-8-9-18(25-4)16(21)10-15/h8-10,12-14,17H,5-7,11H2,1-4H3,(H,22,24)/t12-,13-,14+,17+/m0/s1. The second-order valence-corrected chi connectivity index (χ2v) is 7.16. The largest absolute Gasteiger partial charge is 0.494 e. The van der Waals surface area contributed by atoms with Crippen molar-refractivity contribution in [3.63, 3.8) is 0 Å². The lowest BCUT2D eigenvalue weighted by Gasteiger charge is -2.35. The third-order valence-electron chi connectivity index (χ3n) is 5.28. The van der Waals surface area contributed by atoms with Crippen LogP contribution >= 0.6 is 0 Å². The molecule has 1 N–H and O–H groups in total. The number of carbonyl (C=O) groups excluding carboxylic acids is 2. The van der Waals surface area contributed by atoms with E-state index in [2.05, 4.69) is 19.2 Å². The number of methoxy groups -OCH3 is 1. The van der Waals surface area contributed by atoms with Crippen LogP contribution in [0.4, 0.5) is 4.39 Å². The first-order valence-electron chi connectivity index (χ1n) is 9.14. The highest BCUT2D eigenvalue weighted by atomic mass is 19.1. The van der Waals surface area contributed by atoms with Gasteiger partial charge in [0.2, 0.25) is 0 Å². The van der Waals surface area contributed by atoms with E-state index in [1.807, 2.05) is 0 Å². The van der Waals surface area contributed by atoms with E-state index in [0.29, 0.717) is 17.4 Å². The van der Waals surface area contributed by atoms with Gasteiger partial charge in [-0.25, -0.2) is 4.39 Å². The molecule has 6 heteroatoms. The van der Waals surface area contributed by atoms with Gasteiger partial charge in [-0.2, -0.15) is 0 Å². The first kappa shape index (κ1) is 20.2. The Bertz CT molecular complexity index is 649. The molecule has 0 bridgehead atoms. The lowest BCUT2D eigenvalue weighted by atomic mass is 9.78. The number of rotatable bonds is 6. The molecule has 1 aromatic rings. The van der Waals surface area contributed by atoms with Crippen molar-refractivity contribution < 1.29 is 23.5 Å². The van der Waals surface area contributed by atoms with Crippen molar-refractivity contribution in [3.05, 3.63) is 29.6 Å². The van der Waals surface area contributed by atoms with Crippen molar-refractivity contribution >= 4 is 11.9 Å². The molecule has 1 saturated carbocycles. The Hall–Kier alpha value is -2.11. The molecule has 1 amide bonds. The summed E-state index contributed by atoms with van der Waals surface area (Å²) < 4.78 is 23.7. The highest BCUT2D eigenvalue weighted by Crippen LogP contribution is 2.29. The average Bonchev–Trinajstić information content (AvgIpc) is 2.59. The van der Waals surface area contributed by atoms with E-state index >= 15 is 0 Å². The van der Waals surface area contributed by atoms with Crippen LogP contribution in [0.1, 0.15) is 45.6 Å². The minimum absolute atomic E-state index is 0.102. The SMILES string of the molecule is COc1ccc(CC(=O)O[C@H](C)C(=O)N[C@@H]2CCC[C@H](C)[C@@H]2C)cc1F. The van der Waals surface area contributed by atoms with E-state index in [1.54, 1.807) is 13.0 Å². The number of esters is 1. The molecule has 1 aliphatic rings. The molecular weight excluding hydrogens is 337 g/mol. The smallest absolute Gasteiger partial charge is 0.311 e. The predicted molar refractivity (Wildman–Crippen MR) is 96.3 cm³/mol. The number of ether oxygens (including phenoxy) is 2. The van der Waals surface area contributed by atoms with E-state index in [0.717, 1.165) is 12.8 Å². The molecule has 0 aliphatic heterocycles. The van der Waals surface area contributed by atoms with Crippen molar-refractivity contribution in [1.29, 1.82) is 0 Å². The first-order chi connectivity index (χ1) is 12.3. The van der Waals surface area contributed by atoms with Gasteiger partial charge in [-0.1, -0.05) is 32.8 Å². The van der Waals surface area contributed by atoms with Gasteiger partial charge in [-0.3, -0.25) is 9.59 Å². The molecule has 1 aromatic carbocycles. The fraction of sp³-hybridized carbons (Fsp3) is 0.600. The number of amides is 1. The van der Waals surface area contributed by atoms with Gasteiger partial charge in [-0.05, 0) is 42.9 Å². The van der Waals surface area contributed by atoms with Crippen LogP contribution in [0.3, 0.4) is 0 Å². The molecule has 0 aromatic heterocycles. The Morgan fingerprint density at radius 2 is 2.04 bits per heavy atom. The third kappa shape index (κ3) is 5.19. The van der Waals surface area contributed by atoms with Crippen molar-refractivity contribution in [2.45, 2.75) is 58.6 Å². The number of hydrogen-bond acceptors (Lipinski definition) is 4. The van der Waals surface area contributed by atoms with Gasteiger partial charge in [0.05, 0.1) is 13.5 Å². The molecule has 26 heavy (non-hydrogen) atoms. The number of nitrogens with one attached hydrogen (secondary N) is 1. The molecule has 0 spiro atoms. The van der Waals surface area contributed by atoms with Crippen molar-refractivity contribution in [3.8, 4) is 5.75 Å². The molecule has 0 radical (unpaired) electrons. The average molecular weight is 365 g/mol. The minimum Gasteiger partial charge on any atom is -0.494 e. The monoisotopic (exact) mass is 365 g/mol. The number of benzene rings is 1. The highest BCUT2D eigenvalue weighted by Gasteiger charge is 2.30. The molecule has 4 atom stereocenters. The Morgan fingerprint density at radius 1 is 1.31 bits per heavy atom. The van der Waals surface area contributed by atoms with Gasteiger partial charge < -0.3 is 14.8 Å². The summed E-state index contributed by atoms with van der Waals surface area (Å²) in [7, 11) is 1.38. The van der Waals surface area contributed by atoms with Gasteiger partial charge >= 0.3 is 5.97 Å². The summed E-state index contributed by atoms with van der Waals surface area (Å²) in [5.74, 6) is -0.308. The molecule has 144 valence electrons. The third-order valence-corrected chi connectivity index (χ3v) is 5.28. The van der Waals surface area contributed by atoms with E-state index in [-0.39, 0.29) is 24.1 Å². The van der Waals surface area contributed by atoms with Gasteiger partial charge in [-0.15, -0.1) is 0 Å². The topological polar surface area (TPSA) is 64.6 Å². The lowest BCUT2D eigenvalue weighted by Crippen LogP contribution is -2.47. The van der Waals surface area contributed by atoms with E-state index in [1.165, 1.54) is 25.7 Å². The summed E-state index contributed by atoms with van der Waals surface area (Å²) in [4.78, 5) is 24.4. The highest BCUT2D eigenvalue weighted by molar-refractivity contribution is 5.84. The Kier molecular flexibility index (Phi) is 7.00. The maximum absolute atomic E-state index is 13.7. The van der Waals surface area contributed by atoms with Crippen LogP contribution in [0.5, 0.6) is 5.75 Å². The van der Waals surface area contributed by atoms with Gasteiger partial charge in [0.15, 0.2) is 17.7 Å². The summed E-state index contributed by atoms with van der Waals surface area (Å²) in [6.07, 6.45) is 2.23. The van der Waals surface area contributed by atoms with E-state index in [9.17, 15) is 14.0 Å². The fourth-order valence-corrected chi connectivity index (χ4v) is 3.36.